The Labute approximate surface area is 153 Å². The Morgan fingerprint density at radius 2 is 1.81 bits per heavy atom. The summed E-state index contributed by atoms with van der Waals surface area (Å²) in [5, 5.41) is 2.79. The van der Waals surface area contributed by atoms with Crippen LogP contribution >= 0.6 is 0 Å². The first-order valence-electron chi connectivity index (χ1n) is 7.87. The molecule has 7 heteroatoms. The number of methoxy groups -OCH3 is 1. The zero-order chi connectivity index (χ0) is 19.0. The van der Waals surface area contributed by atoms with E-state index in [0.29, 0.717) is 12.1 Å². The SMILES string of the molecule is C#CCNS(=O)(=O)c1ccc(C(=O)NCC(OC)c2ccccc2)cc1. The van der Waals surface area contributed by atoms with Crippen LogP contribution in [0.15, 0.2) is 59.5 Å². The minimum Gasteiger partial charge on any atom is -0.375 e. The molecular formula is C19H20N2O4S. The summed E-state index contributed by atoms with van der Waals surface area (Å²) >= 11 is 0. The van der Waals surface area contributed by atoms with Crippen LogP contribution < -0.4 is 10.0 Å². The molecule has 0 aliphatic carbocycles. The van der Waals surface area contributed by atoms with Crippen molar-refractivity contribution < 1.29 is 17.9 Å². The topological polar surface area (TPSA) is 84.5 Å². The largest absolute Gasteiger partial charge is 0.375 e. The molecule has 1 unspecified atom stereocenters. The van der Waals surface area contributed by atoms with Crippen LogP contribution in [0.1, 0.15) is 22.0 Å². The van der Waals surface area contributed by atoms with Crippen molar-refractivity contribution >= 4 is 15.9 Å². The number of amides is 1. The van der Waals surface area contributed by atoms with Crippen molar-refractivity contribution in [3.8, 4) is 12.3 Å². The fourth-order valence-electron chi connectivity index (χ4n) is 2.30. The minimum absolute atomic E-state index is 0.0448. The summed E-state index contributed by atoms with van der Waals surface area (Å²) in [6.45, 7) is 0.200. The molecule has 0 saturated carbocycles. The molecule has 0 bridgehead atoms. The van der Waals surface area contributed by atoms with E-state index in [1.165, 1.54) is 24.3 Å². The molecule has 0 aromatic heterocycles. The normalized spacial score (nSPS) is 12.2. The number of ether oxygens (including phenoxy) is 1. The Hall–Kier alpha value is -2.66. The van der Waals surface area contributed by atoms with Crippen LogP contribution in [-0.2, 0) is 14.8 Å². The molecule has 0 aliphatic heterocycles. The van der Waals surface area contributed by atoms with Gasteiger partial charge in [0.2, 0.25) is 10.0 Å². The summed E-state index contributed by atoms with van der Waals surface area (Å²) < 4.78 is 31.6. The van der Waals surface area contributed by atoms with Gasteiger partial charge in [-0.25, -0.2) is 8.42 Å². The van der Waals surface area contributed by atoms with Crippen molar-refractivity contribution in [3.63, 3.8) is 0 Å². The van der Waals surface area contributed by atoms with E-state index >= 15 is 0 Å². The fraction of sp³-hybridized carbons (Fsp3) is 0.211. The molecule has 0 fully saturated rings. The Balaban J connectivity index is 2.01. The van der Waals surface area contributed by atoms with Gasteiger partial charge in [-0.1, -0.05) is 36.3 Å². The minimum atomic E-state index is -3.67. The predicted molar refractivity (Wildman–Crippen MR) is 99.0 cm³/mol. The molecule has 136 valence electrons. The van der Waals surface area contributed by atoms with Gasteiger partial charge in [0.1, 0.15) is 0 Å². The number of nitrogens with one attached hydrogen (secondary N) is 2. The van der Waals surface area contributed by atoms with Crippen LogP contribution in [0.5, 0.6) is 0 Å². The second-order valence-corrected chi connectivity index (χ2v) is 7.17. The molecule has 26 heavy (non-hydrogen) atoms. The summed E-state index contributed by atoms with van der Waals surface area (Å²) in [5.74, 6) is 1.89. The van der Waals surface area contributed by atoms with E-state index in [1.54, 1.807) is 7.11 Å². The van der Waals surface area contributed by atoms with Crippen LogP contribution in [0.2, 0.25) is 0 Å². The van der Waals surface area contributed by atoms with Crippen molar-refractivity contribution in [1.29, 1.82) is 0 Å². The lowest BCUT2D eigenvalue weighted by atomic mass is 10.1. The Bertz CT molecular complexity index is 872. The predicted octanol–water partition coefficient (Wildman–Crippen LogP) is 1.72. The number of sulfonamides is 1. The van der Waals surface area contributed by atoms with Crippen molar-refractivity contribution in [2.45, 2.75) is 11.0 Å². The van der Waals surface area contributed by atoms with Crippen molar-refractivity contribution in [2.75, 3.05) is 20.2 Å². The molecule has 6 nitrogen and oxygen atoms in total. The second-order valence-electron chi connectivity index (χ2n) is 5.40. The van der Waals surface area contributed by atoms with Crippen molar-refractivity contribution in [1.82, 2.24) is 10.0 Å². The zero-order valence-electron chi connectivity index (χ0n) is 14.3. The Morgan fingerprint density at radius 3 is 2.38 bits per heavy atom. The maximum absolute atomic E-state index is 12.3. The summed E-state index contributed by atoms with van der Waals surface area (Å²) in [5.41, 5.74) is 1.31. The van der Waals surface area contributed by atoms with Gasteiger partial charge in [-0.05, 0) is 29.8 Å². The van der Waals surface area contributed by atoms with Crippen LogP contribution in [0, 0.1) is 12.3 Å². The van der Waals surface area contributed by atoms with E-state index in [2.05, 4.69) is 16.0 Å². The number of rotatable bonds is 8. The third-order valence-electron chi connectivity index (χ3n) is 3.69. The molecular weight excluding hydrogens is 352 g/mol. The molecule has 0 aliphatic rings. The summed E-state index contributed by atoms with van der Waals surface area (Å²) in [6.07, 6.45) is 4.78. The van der Waals surface area contributed by atoms with Crippen molar-refractivity contribution in [3.05, 3.63) is 65.7 Å². The quantitative estimate of drug-likeness (QED) is 0.691. The van der Waals surface area contributed by atoms with Gasteiger partial charge in [0, 0.05) is 19.2 Å². The smallest absolute Gasteiger partial charge is 0.251 e. The van der Waals surface area contributed by atoms with E-state index in [-0.39, 0.29) is 23.5 Å². The van der Waals surface area contributed by atoms with Gasteiger partial charge < -0.3 is 10.1 Å². The third-order valence-corrected chi connectivity index (χ3v) is 5.11. The Morgan fingerprint density at radius 1 is 1.15 bits per heavy atom. The van der Waals surface area contributed by atoms with Gasteiger partial charge in [-0.2, -0.15) is 4.72 Å². The van der Waals surface area contributed by atoms with Crippen LogP contribution in [-0.4, -0.2) is 34.5 Å². The number of benzene rings is 2. The molecule has 2 aromatic carbocycles. The van der Waals surface area contributed by atoms with Crippen molar-refractivity contribution in [2.24, 2.45) is 0 Å². The maximum atomic E-state index is 12.3. The fourth-order valence-corrected chi connectivity index (χ4v) is 3.23. The summed E-state index contributed by atoms with van der Waals surface area (Å²) in [4.78, 5) is 12.3. The van der Waals surface area contributed by atoms with E-state index in [0.717, 1.165) is 5.56 Å². The lowest BCUT2D eigenvalue weighted by Crippen LogP contribution is -2.29. The molecule has 2 rings (SSSR count). The Kier molecular flexibility index (Phi) is 6.92. The summed E-state index contributed by atoms with van der Waals surface area (Å²) in [6, 6.07) is 15.2. The van der Waals surface area contributed by atoms with E-state index in [4.69, 9.17) is 11.2 Å². The number of carbonyl (C=O) groups excluding carboxylic acids is 1. The standard InChI is InChI=1S/C19H20N2O4S/c1-3-13-21-26(23,24)17-11-9-16(10-12-17)19(22)20-14-18(25-2)15-7-5-4-6-8-15/h1,4-12,18,21H,13-14H2,2H3,(H,20,22). The third kappa shape index (κ3) is 5.17. The molecule has 0 radical (unpaired) electrons. The molecule has 0 spiro atoms. The molecule has 2 N–H and O–H groups in total. The molecule has 1 amide bonds. The number of terminal acetylenes is 1. The first-order chi connectivity index (χ1) is 12.5. The highest BCUT2D eigenvalue weighted by Gasteiger charge is 2.15. The molecule has 0 saturated heterocycles. The molecule has 0 heterocycles. The lowest BCUT2D eigenvalue weighted by molar-refractivity contribution is 0.0828. The molecule has 2 aromatic rings. The van der Waals surface area contributed by atoms with E-state index < -0.39 is 10.0 Å². The highest BCUT2D eigenvalue weighted by molar-refractivity contribution is 7.89. The van der Waals surface area contributed by atoms with Gasteiger partial charge in [0.05, 0.1) is 17.5 Å². The molecule has 1 atom stereocenters. The first kappa shape index (κ1) is 19.7. The van der Waals surface area contributed by atoms with Gasteiger partial charge in [0.25, 0.3) is 5.91 Å². The average molecular weight is 372 g/mol. The highest BCUT2D eigenvalue weighted by atomic mass is 32.2. The van der Waals surface area contributed by atoms with E-state index in [9.17, 15) is 13.2 Å². The maximum Gasteiger partial charge on any atom is 0.251 e. The lowest BCUT2D eigenvalue weighted by Gasteiger charge is -2.16. The monoisotopic (exact) mass is 372 g/mol. The highest BCUT2D eigenvalue weighted by Crippen LogP contribution is 2.15. The van der Waals surface area contributed by atoms with Crippen LogP contribution in [0.25, 0.3) is 0 Å². The first-order valence-corrected chi connectivity index (χ1v) is 9.35. The zero-order valence-corrected chi connectivity index (χ0v) is 15.1. The van der Waals surface area contributed by atoms with Gasteiger partial charge in [-0.3, -0.25) is 4.79 Å². The van der Waals surface area contributed by atoms with Crippen LogP contribution in [0.4, 0.5) is 0 Å². The van der Waals surface area contributed by atoms with E-state index in [1.807, 2.05) is 30.3 Å². The summed E-state index contributed by atoms with van der Waals surface area (Å²) in [7, 11) is -2.10. The number of hydrogen-bond donors (Lipinski definition) is 2. The number of hydrogen-bond acceptors (Lipinski definition) is 4. The average Bonchev–Trinajstić information content (AvgIpc) is 2.67. The van der Waals surface area contributed by atoms with Gasteiger partial charge >= 0.3 is 0 Å². The van der Waals surface area contributed by atoms with Crippen LogP contribution in [0.3, 0.4) is 0 Å². The second kappa shape index (κ2) is 9.15. The number of carbonyl (C=O) groups is 1. The van der Waals surface area contributed by atoms with Gasteiger partial charge in [-0.15, -0.1) is 6.42 Å². The van der Waals surface area contributed by atoms with Gasteiger partial charge in [0.15, 0.2) is 0 Å².